The van der Waals surface area contributed by atoms with Gasteiger partial charge in [0.2, 0.25) is 0 Å². The van der Waals surface area contributed by atoms with Crippen LogP contribution in [0.4, 0.5) is 0 Å². The molecule has 1 aromatic carbocycles. The molecule has 0 aliphatic heterocycles. The van der Waals surface area contributed by atoms with Crippen LogP contribution in [0.1, 0.15) is 13.8 Å². The first-order valence-electron chi connectivity index (χ1n) is 4.87. The Bertz CT molecular complexity index is 304. The molecule has 1 aromatic rings. The highest BCUT2D eigenvalue weighted by Crippen LogP contribution is 2.42. The Balaban J connectivity index is 0.000000288. The van der Waals surface area contributed by atoms with Gasteiger partial charge in [0.25, 0.3) is 0 Å². The number of phosphoric ester groups is 1. The minimum Gasteiger partial charge on any atom is -0.508 e. The molecule has 0 aliphatic carbocycles. The fraction of sp³-hybridized carbons (Fsp3) is 0.400. The van der Waals surface area contributed by atoms with Gasteiger partial charge in [-0.25, -0.2) is 4.57 Å². The molecule has 0 saturated heterocycles. The molecule has 0 amide bonds. The van der Waals surface area contributed by atoms with Gasteiger partial charge in [-0.3, -0.25) is 9.05 Å². The van der Waals surface area contributed by atoms with Crippen molar-refractivity contribution in [3.05, 3.63) is 30.3 Å². The number of hydrogen-bond acceptors (Lipinski definition) is 4. The number of phenols is 1. The van der Waals surface area contributed by atoms with E-state index in [-0.39, 0.29) is 13.2 Å². The minimum atomic E-state index is -3.69. The molecule has 0 unspecified atom stereocenters. The molecule has 0 atom stereocenters. The predicted molar refractivity (Wildman–Crippen MR) is 61.2 cm³/mol. The highest BCUT2D eigenvalue weighted by molar-refractivity contribution is 7.47. The maximum atomic E-state index is 10.5. The van der Waals surface area contributed by atoms with Gasteiger partial charge in [-0.1, -0.05) is 18.2 Å². The molecule has 0 radical (unpaired) electrons. The first kappa shape index (κ1) is 15.1. The highest BCUT2D eigenvalue weighted by atomic mass is 31.2. The van der Waals surface area contributed by atoms with Crippen LogP contribution in [-0.4, -0.2) is 23.2 Å². The monoisotopic (exact) mass is 248 g/mol. The molecule has 0 aliphatic rings. The summed E-state index contributed by atoms with van der Waals surface area (Å²) in [5.41, 5.74) is 0. The van der Waals surface area contributed by atoms with Crippen LogP contribution in [0.5, 0.6) is 5.75 Å². The van der Waals surface area contributed by atoms with Gasteiger partial charge < -0.3 is 10.00 Å². The first-order chi connectivity index (χ1) is 7.52. The van der Waals surface area contributed by atoms with Gasteiger partial charge in [0.1, 0.15) is 5.75 Å². The van der Waals surface area contributed by atoms with E-state index >= 15 is 0 Å². The summed E-state index contributed by atoms with van der Waals surface area (Å²) in [6, 6.07) is 8.71. The van der Waals surface area contributed by atoms with E-state index in [4.69, 9.17) is 10.00 Å². The molecule has 0 spiro atoms. The third-order valence-electron chi connectivity index (χ3n) is 1.34. The standard InChI is InChI=1S/C6H6O.C4H11O4P/c7-6-4-2-1-3-5-6;1-3-7-9(5,6)8-4-2/h1-5,7H;3-4H2,1-2H3,(H,5,6). The van der Waals surface area contributed by atoms with Crippen LogP contribution in [0.3, 0.4) is 0 Å². The Morgan fingerprint density at radius 3 is 1.81 bits per heavy atom. The van der Waals surface area contributed by atoms with Gasteiger partial charge in [-0.15, -0.1) is 0 Å². The molecule has 0 aromatic heterocycles. The van der Waals surface area contributed by atoms with Crippen LogP contribution in [0.2, 0.25) is 0 Å². The van der Waals surface area contributed by atoms with Crippen LogP contribution >= 0.6 is 7.82 Å². The fourth-order valence-corrected chi connectivity index (χ4v) is 1.52. The third kappa shape index (κ3) is 8.44. The number of rotatable bonds is 4. The van der Waals surface area contributed by atoms with Crippen molar-refractivity contribution >= 4 is 7.82 Å². The molecule has 0 bridgehead atoms. The van der Waals surface area contributed by atoms with E-state index in [9.17, 15) is 4.57 Å². The Labute approximate surface area is 95.3 Å². The molecule has 0 saturated carbocycles. The van der Waals surface area contributed by atoms with Gasteiger partial charge >= 0.3 is 7.82 Å². The molecular formula is C10H17O5P. The van der Waals surface area contributed by atoms with Crippen molar-refractivity contribution in [3.63, 3.8) is 0 Å². The van der Waals surface area contributed by atoms with Crippen molar-refractivity contribution in [2.45, 2.75) is 13.8 Å². The van der Waals surface area contributed by atoms with Gasteiger partial charge in [0, 0.05) is 0 Å². The number of aromatic hydroxyl groups is 1. The quantitative estimate of drug-likeness (QED) is 0.801. The molecule has 1 rings (SSSR count). The molecule has 0 fully saturated rings. The summed E-state index contributed by atoms with van der Waals surface area (Å²) in [5.74, 6) is 0.322. The fourth-order valence-electron chi connectivity index (χ4n) is 0.792. The van der Waals surface area contributed by atoms with Gasteiger partial charge in [-0.05, 0) is 26.0 Å². The molecule has 92 valence electrons. The number of para-hydroxylation sites is 1. The topological polar surface area (TPSA) is 76.0 Å². The zero-order valence-corrected chi connectivity index (χ0v) is 10.3. The van der Waals surface area contributed by atoms with Gasteiger partial charge in [0.15, 0.2) is 0 Å². The summed E-state index contributed by atoms with van der Waals surface area (Å²) in [6.45, 7) is 3.63. The minimum absolute atomic E-state index is 0.188. The predicted octanol–water partition coefficient (Wildman–Crippen LogP) is 2.55. The number of hydrogen-bond donors (Lipinski definition) is 2. The van der Waals surface area contributed by atoms with E-state index in [1.165, 1.54) is 0 Å². The Morgan fingerprint density at radius 2 is 1.56 bits per heavy atom. The molecule has 6 heteroatoms. The van der Waals surface area contributed by atoms with E-state index in [2.05, 4.69) is 9.05 Å². The Kier molecular flexibility index (Phi) is 7.85. The average Bonchev–Trinajstić information content (AvgIpc) is 2.19. The third-order valence-corrected chi connectivity index (χ3v) is 2.51. The summed E-state index contributed by atoms with van der Waals surface area (Å²) in [7, 11) is -3.69. The maximum absolute atomic E-state index is 10.5. The summed E-state index contributed by atoms with van der Waals surface area (Å²) in [4.78, 5) is 8.63. The molecular weight excluding hydrogens is 231 g/mol. The summed E-state index contributed by atoms with van der Waals surface area (Å²) < 4.78 is 19.2. The van der Waals surface area contributed by atoms with E-state index in [0.29, 0.717) is 5.75 Å². The Hall–Kier alpha value is -0.870. The molecule has 16 heavy (non-hydrogen) atoms. The van der Waals surface area contributed by atoms with Crippen LogP contribution in [-0.2, 0) is 13.6 Å². The normalized spacial score (nSPS) is 10.4. The molecule has 0 heterocycles. The van der Waals surface area contributed by atoms with Crippen LogP contribution in [0.25, 0.3) is 0 Å². The van der Waals surface area contributed by atoms with Gasteiger partial charge in [0.05, 0.1) is 13.2 Å². The lowest BCUT2D eigenvalue weighted by Gasteiger charge is -2.07. The Morgan fingerprint density at radius 1 is 1.12 bits per heavy atom. The van der Waals surface area contributed by atoms with Gasteiger partial charge in [-0.2, -0.15) is 0 Å². The van der Waals surface area contributed by atoms with Crippen LogP contribution in [0, 0.1) is 0 Å². The lowest BCUT2D eigenvalue weighted by Crippen LogP contribution is -1.93. The van der Waals surface area contributed by atoms with E-state index in [1.807, 2.05) is 6.07 Å². The first-order valence-corrected chi connectivity index (χ1v) is 6.37. The van der Waals surface area contributed by atoms with Crippen molar-refractivity contribution < 1.29 is 23.6 Å². The summed E-state index contributed by atoms with van der Waals surface area (Å²) >= 11 is 0. The second-order valence-electron chi connectivity index (χ2n) is 2.64. The zero-order valence-electron chi connectivity index (χ0n) is 9.37. The van der Waals surface area contributed by atoms with Crippen molar-refractivity contribution in [3.8, 4) is 5.75 Å². The lowest BCUT2D eigenvalue weighted by atomic mass is 10.3. The average molecular weight is 248 g/mol. The van der Waals surface area contributed by atoms with Crippen molar-refractivity contribution in [2.75, 3.05) is 13.2 Å². The largest absolute Gasteiger partial charge is 0.508 e. The van der Waals surface area contributed by atoms with E-state index < -0.39 is 7.82 Å². The second-order valence-corrected chi connectivity index (χ2v) is 4.09. The molecule has 5 nitrogen and oxygen atoms in total. The maximum Gasteiger partial charge on any atom is 0.472 e. The zero-order chi connectivity index (χ0) is 12.4. The van der Waals surface area contributed by atoms with Crippen molar-refractivity contribution in [2.24, 2.45) is 0 Å². The van der Waals surface area contributed by atoms with E-state index in [0.717, 1.165) is 0 Å². The van der Waals surface area contributed by atoms with E-state index in [1.54, 1.807) is 38.1 Å². The van der Waals surface area contributed by atoms with Crippen LogP contribution < -0.4 is 0 Å². The SMILES string of the molecule is CCOP(=O)(O)OCC.Oc1ccccc1. The number of phenolic OH excluding ortho intramolecular Hbond substituents is 1. The number of phosphoric acid groups is 1. The van der Waals surface area contributed by atoms with Crippen LogP contribution in [0.15, 0.2) is 30.3 Å². The molecule has 2 N–H and O–H groups in total. The smallest absolute Gasteiger partial charge is 0.472 e. The summed E-state index contributed by atoms with van der Waals surface area (Å²) in [6.07, 6.45) is 0. The second kappa shape index (κ2) is 8.30. The lowest BCUT2D eigenvalue weighted by molar-refractivity contribution is 0.161. The van der Waals surface area contributed by atoms with Crippen molar-refractivity contribution in [1.29, 1.82) is 0 Å². The number of benzene rings is 1. The highest BCUT2D eigenvalue weighted by Gasteiger charge is 2.17. The summed E-state index contributed by atoms with van der Waals surface area (Å²) in [5, 5.41) is 8.63. The van der Waals surface area contributed by atoms with Crippen molar-refractivity contribution in [1.82, 2.24) is 0 Å².